The molecular formula is C9H13N3O2. The Hall–Kier alpha value is -1.36. The summed E-state index contributed by atoms with van der Waals surface area (Å²) in [5, 5.41) is 16.2. The lowest BCUT2D eigenvalue weighted by Gasteiger charge is -2.11. The van der Waals surface area contributed by atoms with Crippen LogP contribution in [-0.4, -0.2) is 33.4 Å². The van der Waals surface area contributed by atoms with Gasteiger partial charge in [-0.1, -0.05) is 0 Å². The molecule has 0 aromatic carbocycles. The maximum absolute atomic E-state index is 10.8. The molecule has 1 atom stereocenters. The number of nitrogens with one attached hydrogen (secondary N) is 1. The summed E-state index contributed by atoms with van der Waals surface area (Å²) in [5.74, 6) is -0.916. The SMILES string of the molecule is O=C(O)c1ccnn1CC1CCCN1. The van der Waals surface area contributed by atoms with Crippen molar-refractivity contribution in [2.75, 3.05) is 6.54 Å². The molecule has 2 N–H and O–H groups in total. The topological polar surface area (TPSA) is 67.1 Å². The molecule has 5 heteroatoms. The zero-order valence-corrected chi connectivity index (χ0v) is 7.81. The second-order valence-corrected chi connectivity index (χ2v) is 3.50. The molecule has 1 aromatic rings. The summed E-state index contributed by atoms with van der Waals surface area (Å²) in [4.78, 5) is 10.8. The van der Waals surface area contributed by atoms with Gasteiger partial charge in [0.05, 0.1) is 6.54 Å². The lowest BCUT2D eigenvalue weighted by molar-refractivity contribution is 0.0682. The molecule has 1 saturated heterocycles. The number of carboxylic acids is 1. The fourth-order valence-electron chi connectivity index (χ4n) is 1.78. The first kappa shape index (κ1) is 9.21. The van der Waals surface area contributed by atoms with Crippen LogP contribution in [0.2, 0.25) is 0 Å². The van der Waals surface area contributed by atoms with E-state index >= 15 is 0 Å². The minimum atomic E-state index is -0.916. The van der Waals surface area contributed by atoms with Crippen LogP contribution in [-0.2, 0) is 6.54 Å². The predicted octanol–water partition coefficient (Wildman–Crippen LogP) is 0.333. The zero-order chi connectivity index (χ0) is 9.97. The van der Waals surface area contributed by atoms with E-state index < -0.39 is 5.97 Å². The molecule has 76 valence electrons. The molecular weight excluding hydrogens is 182 g/mol. The predicted molar refractivity (Wildman–Crippen MR) is 50.2 cm³/mol. The van der Waals surface area contributed by atoms with Crippen molar-refractivity contribution in [3.8, 4) is 0 Å². The molecule has 0 aliphatic carbocycles. The number of nitrogens with zero attached hydrogens (tertiary/aromatic N) is 2. The van der Waals surface area contributed by atoms with E-state index in [0.717, 1.165) is 19.4 Å². The summed E-state index contributed by atoms with van der Waals surface area (Å²) >= 11 is 0. The van der Waals surface area contributed by atoms with Crippen LogP contribution in [0.5, 0.6) is 0 Å². The van der Waals surface area contributed by atoms with Crippen molar-refractivity contribution in [3.63, 3.8) is 0 Å². The summed E-state index contributed by atoms with van der Waals surface area (Å²) in [6, 6.07) is 1.89. The van der Waals surface area contributed by atoms with Gasteiger partial charge in [0.2, 0.25) is 0 Å². The van der Waals surface area contributed by atoms with Gasteiger partial charge in [-0.15, -0.1) is 0 Å². The van der Waals surface area contributed by atoms with Crippen molar-refractivity contribution in [1.29, 1.82) is 0 Å². The smallest absolute Gasteiger partial charge is 0.354 e. The van der Waals surface area contributed by atoms with Gasteiger partial charge >= 0.3 is 5.97 Å². The highest BCUT2D eigenvalue weighted by atomic mass is 16.4. The largest absolute Gasteiger partial charge is 0.477 e. The lowest BCUT2D eigenvalue weighted by atomic mass is 10.2. The number of hydrogen-bond donors (Lipinski definition) is 2. The van der Waals surface area contributed by atoms with Gasteiger partial charge in [0.25, 0.3) is 0 Å². The van der Waals surface area contributed by atoms with Crippen LogP contribution < -0.4 is 5.32 Å². The highest BCUT2D eigenvalue weighted by molar-refractivity contribution is 5.85. The lowest BCUT2D eigenvalue weighted by Crippen LogP contribution is -2.28. The van der Waals surface area contributed by atoms with Crippen molar-refractivity contribution in [2.24, 2.45) is 0 Å². The van der Waals surface area contributed by atoms with Gasteiger partial charge in [-0.05, 0) is 25.5 Å². The van der Waals surface area contributed by atoms with Crippen LogP contribution in [0, 0.1) is 0 Å². The maximum Gasteiger partial charge on any atom is 0.354 e. The third-order valence-electron chi connectivity index (χ3n) is 2.49. The van der Waals surface area contributed by atoms with Crippen molar-refractivity contribution >= 4 is 5.97 Å². The molecule has 0 saturated carbocycles. The van der Waals surface area contributed by atoms with E-state index in [9.17, 15) is 4.79 Å². The molecule has 1 aliphatic rings. The van der Waals surface area contributed by atoms with E-state index in [-0.39, 0.29) is 5.69 Å². The van der Waals surface area contributed by atoms with Gasteiger partial charge in [0.15, 0.2) is 0 Å². The number of carboxylic acid groups (broad SMARTS) is 1. The van der Waals surface area contributed by atoms with Crippen LogP contribution in [0.1, 0.15) is 23.3 Å². The monoisotopic (exact) mass is 195 g/mol. The Labute approximate surface area is 81.7 Å². The average Bonchev–Trinajstić information content (AvgIpc) is 2.75. The van der Waals surface area contributed by atoms with Gasteiger partial charge in [0, 0.05) is 12.2 Å². The average molecular weight is 195 g/mol. The fourth-order valence-corrected chi connectivity index (χ4v) is 1.78. The maximum atomic E-state index is 10.8. The molecule has 1 unspecified atom stereocenters. The molecule has 1 aliphatic heterocycles. The minimum Gasteiger partial charge on any atom is -0.477 e. The minimum absolute atomic E-state index is 0.263. The molecule has 1 fully saturated rings. The zero-order valence-electron chi connectivity index (χ0n) is 7.81. The normalized spacial score (nSPS) is 21.3. The Bertz CT molecular complexity index is 329. The van der Waals surface area contributed by atoms with E-state index in [1.807, 2.05) is 0 Å². The van der Waals surface area contributed by atoms with E-state index in [1.165, 1.54) is 12.3 Å². The van der Waals surface area contributed by atoms with E-state index in [1.54, 1.807) is 4.68 Å². The molecule has 0 radical (unpaired) electrons. The molecule has 14 heavy (non-hydrogen) atoms. The summed E-state index contributed by atoms with van der Waals surface area (Å²) in [6.07, 6.45) is 3.78. The summed E-state index contributed by atoms with van der Waals surface area (Å²) in [6.45, 7) is 1.67. The third-order valence-corrected chi connectivity index (χ3v) is 2.49. The highest BCUT2D eigenvalue weighted by Crippen LogP contribution is 2.08. The molecule has 2 rings (SSSR count). The van der Waals surface area contributed by atoms with Gasteiger partial charge < -0.3 is 10.4 Å². The van der Waals surface area contributed by atoms with Crippen LogP contribution in [0.25, 0.3) is 0 Å². The molecule has 2 heterocycles. The quantitative estimate of drug-likeness (QED) is 0.729. The van der Waals surface area contributed by atoms with E-state index in [0.29, 0.717) is 12.6 Å². The Balaban J connectivity index is 2.07. The van der Waals surface area contributed by atoms with Crippen molar-refractivity contribution in [2.45, 2.75) is 25.4 Å². The molecule has 0 amide bonds. The Morgan fingerprint density at radius 1 is 1.79 bits per heavy atom. The van der Waals surface area contributed by atoms with Crippen molar-refractivity contribution in [1.82, 2.24) is 15.1 Å². The first-order valence-electron chi connectivity index (χ1n) is 4.76. The summed E-state index contributed by atoms with van der Waals surface area (Å²) < 4.78 is 1.55. The fraction of sp³-hybridized carbons (Fsp3) is 0.556. The molecule has 0 spiro atoms. The molecule has 5 nitrogen and oxygen atoms in total. The van der Waals surface area contributed by atoms with Crippen molar-refractivity contribution in [3.05, 3.63) is 18.0 Å². The Morgan fingerprint density at radius 2 is 2.64 bits per heavy atom. The van der Waals surface area contributed by atoms with E-state index in [4.69, 9.17) is 5.11 Å². The Morgan fingerprint density at radius 3 is 3.29 bits per heavy atom. The number of carbonyl (C=O) groups is 1. The van der Waals surface area contributed by atoms with Gasteiger partial charge in [-0.3, -0.25) is 4.68 Å². The van der Waals surface area contributed by atoms with Gasteiger partial charge in [-0.25, -0.2) is 4.79 Å². The first-order chi connectivity index (χ1) is 6.77. The molecule has 1 aromatic heterocycles. The van der Waals surface area contributed by atoms with Crippen LogP contribution in [0.3, 0.4) is 0 Å². The number of rotatable bonds is 3. The van der Waals surface area contributed by atoms with E-state index in [2.05, 4.69) is 10.4 Å². The second-order valence-electron chi connectivity index (χ2n) is 3.50. The summed E-state index contributed by atoms with van der Waals surface area (Å²) in [7, 11) is 0. The number of aromatic nitrogens is 2. The highest BCUT2D eigenvalue weighted by Gasteiger charge is 2.17. The first-order valence-corrected chi connectivity index (χ1v) is 4.76. The number of aromatic carboxylic acids is 1. The van der Waals surface area contributed by atoms with Gasteiger partial charge in [-0.2, -0.15) is 5.10 Å². The summed E-state index contributed by atoms with van der Waals surface area (Å²) in [5.41, 5.74) is 0.263. The van der Waals surface area contributed by atoms with Crippen molar-refractivity contribution < 1.29 is 9.90 Å². The van der Waals surface area contributed by atoms with Crippen LogP contribution >= 0.6 is 0 Å². The molecule has 0 bridgehead atoms. The van der Waals surface area contributed by atoms with Crippen LogP contribution in [0.15, 0.2) is 12.3 Å². The Kier molecular flexibility index (Phi) is 2.49. The number of hydrogen-bond acceptors (Lipinski definition) is 3. The van der Waals surface area contributed by atoms with Gasteiger partial charge in [0.1, 0.15) is 5.69 Å². The third kappa shape index (κ3) is 1.77. The second kappa shape index (κ2) is 3.79. The standard InChI is InChI=1S/C9H13N3O2/c13-9(14)8-3-5-11-12(8)6-7-2-1-4-10-7/h3,5,7,10H,1-2,4,6H2,(H,13,14). The van der Waals surface area contributed by atoms with Crippen LogP contribution in [0.4, 0.5) is 0 Å².